The molecule has 6 nitrogen and oxygen atoms in total. The second-order valence-electron chi connectivity index (χ2n) is 4.71. The van der Waals surface area contributed by atoms with Crippen LogP contribution in [0.4, 0.5) is 5.82 Å². The number of hydrogen-bond donors (Lipinski definition) is 2. The maximum atomic E-state index is 12.1. The van der Waals surface area contributed by atoms with Crippen molar-refractivity contribution in [2.24, 2.45) is 0 Å². The fourth-order valence-electron chi connectivity index (χ4n) is 1.69. The molecule has 1 amide bonds. The van der Waals surface area contributed by atoms with Gasteiger partial charge in [0.25, 0.3) is 5.91 Å². The Hall–Kier alpha value is -2.81. The predicted molar refractivity (Wildman–Crippen MR) is 77.9 cm³/mol. The van der Waals surface area contributed by atoms with Crippen LogP contribution in [0.2, 0.25) is 0 Å². The molecule has 0 fully saturated rings. The third-order valence-corrected chi connectivity index (χ3v) is 3.16. The largest absolute Gasteiger partial charge is 0.481 e. The van der Waals surface area contributed by atoms with Gasteiger partial charge in [0, 0.05) is 11.3 Å². The molecule has 0 bridgehead atoms. The lowest BCUT2D eigenvalue weighted by atomic mass is 10.2. The minimum absolute atomic E-state index is 0.283. The summed E-state index contributed by atoms with van der Waals surface area (Å²) in [7, 11) is 0. The van der Waals surface area contributed by atoms with Crippen molar-refractivity contribution in [3.05, 3.63) is 41.1 Å². The number of H-pyrrole nitrogens is 1. The van der Waals surface area contributed by atoms with E-state index in [1.54, 1.807) is 31.2 Å². The molecule has 0 aliphatic carbocycles. The molecule has 1 aromatic heterocycles. The molecule has 6 heteroatoms. The molecular weight excluding hydrogens is 268 g/mol. The Kier molecular flexibility index (Phi) is 4.24. The molecule has 1 unspecified atom stereocenters. The van der Waals surface area contributed by atoms with Gasteiger partial charge in [-0.25, -0.2) is 0 Å². The number of carbonyl (C=O) groups is 1. The summed E-state index contributed by atoms with van der Waals surface area (Å²) in [6.45, 7) is 5.41. The first-order valence-electron chi connectivity index (χ1n) is 6.50. The zero-order chi connectivity index (χ0) is 15.4. The van der Waals surface area contributed by atoms with Gasteiger partial charge in [-0.15, -0.1) is 0 Å². The van der Waals surface area contributed by atoms with Gasteiger partial charge in [-0.3, -0.25) is 9.89 Å². The highest BCUT2D eigenvalue weighted by atomic mass is 16.5. The summed E-state index contributed by atoms with van der Waals surface area (Å²) in [5.41, 5.74) is 2.35. The number of amides is 1. The molecule has 21 heavy (non-hydrogen) atoms. The van der Waals surface area contributed by atoms with Crippen LogP contribution in [-0.4, -0.2) is 22.2 Å². The molecule has 108 valence electrons. The van der Waals surface area contributed by atoms with Crippen LogP contribution >= 0.6 is 0 Å². The van der Waals surface area contributed by atoms with Crippen LogP contribution in [0.15, 0.2) is 24.3 Å². The molecule has 2 rings (SSSR count). The number of hydrogen-bond acceptors (Lipinski definition) is 4. The van der Waals surface area contributed by atoms with Crippen LogP contribution in [0.3, 0.4) is 0 Å². The van der Waals surface area contributed by atoms with E-state index in [1.165, 1.54) is 0 Å². The van der Waals surface area contributed by atoms with E-state index in [0.717, 1.165) is 11.3 Å². The van der Waals surface area contributed by atoms with E-state index in [9.17, 15) is 4.79 Å². The molecular formula is C15H16N4O2. The van der Waals surface area contributed by atoms with Crippen molar-refractivity contribution in [1.82, 2.24) is 10.2 Å². The molecule has 2 N–H and O–H groups in total. The first-order valence-corrected chi connectivity index (χ1v) is 6.50. The molecule has 0 aliphatic heterocycles. The highest BCUT2D eigenvalue weighted by Crippen LogP contribution is 2.16. The van der Waals surface area contributed by atoms with Gasteiger partial charge < -0.3 is 10.1 Å². The maximum Gasteiger partial charge on any atom is 0.266 e. The minimum atomic E-state index is -0.672. The number of rotatable bonds is 4. The SMILES string of the molecule is Cc1[nH]nc(NC(=O)C(C)Oc2ccc(C#N)cc2)c1C. The van der Waals surface area contributed by atoms with Crippen LogP contribution < -0.4 is 10.1 Å². The van der Waals surface area contributed by atoms with Crippen LogP contribution in [0.5, 0.6) is 5.75 Å². The molecule has 0 aliphatic rings. The fraction of sp³-hybridized carbons (Fsp3) is 0.267. The number of ether oxygens (including phenoxy) is 1. The van der Waals surface area contributed by atoms with E-state index >= 15 is 0 Å². The van der Waals surface area contributed by atoms with Gasteiger partial charge >= 0.3 is 0 Å². The third-order valence-electron chi connectivity index (χ3n) is 3.16. The number of aromatic nitrogens is 2. The van der Waals surface area contributed by atoms with E-state index in [-0.39, 0.29) is 5.91 Å². The normalized spacial score (nSPS) is 11.5. The van der Waals surface area contributed by atoms with Gasteiger partial charge in [-0.1, -0.05) is 0 Å². The average Bonchev–Trinajstić information content (AvgIpc) is 2.80. The van der Waals surface area contributed by atoms with Crippen LogP contribution in [0.25, 0.3) is 0 Å². The lowest BCUT2D eigenvalue weighted by Crippen LogP contribution is -2.30. The molecule has 0 spiro atoms. The lowest BCUT2D eigenvalue weighted by molar-refractivity contribution is -0.122. The highest BCUT2D eigenvalue weighted by Gasteiger charge is 2.17. The van der Waals surface area contributed by atoms with E-state index in [2.05, 4.69) is 15.5 Å². The number of aryl methyl sites for hydroxylation is 1. The number of aromatic amines is 1. The molecule has 1 aromatic carbocycles. The molecule has 1 atom stereocenters. The number of anilines is 1. The van der Waals surface area contributed by atoms with Crippen molar-refractivity contribution in [2.75, 3.05) is 5.32 Å². The predicted octanol–water partition coefficient (Wildman–Crippen LogP) is 2.30. The lowest BCUT2D eigenvalue weighted by Gasteiger charge is -2.14. The highest BCUT2D eigenvalue weighted by molar-refractivity contribution is 5.93. The van der Waals surface area contributed by atoms with Crippen molar-refractivity contribution in [2.45, 2.75) is 26.9 Å². The second-order valence-corrected chi connectivity index (χ2v) is 4.71. The Bertz CT molecular complexity index is 683. The van der Waals surface area contributed by atoms with E-state index in [1.807, 2.05) is 19.9 Å². The zero-order valence-corrected chi connectivity index (χ0v) is 12.1. The van der Waals surface area contributed by atoms with E-state index < -0.39 is 6.10 Å². The summed E-state index contributed by atoms with van der Waals surface area (Å²) in [5, 5.41) is 18.3. The number of carbonyl (C=O) groups excluding carboxylic acids is 1. The van der Waals surface area contributed by atoms with Gasteiger partial charge in [0.15, 0.2) is 11.9 Å². The molecule has 0 saturated heterocycles. The number of nitrogens with zero attached hydrogens (tertiary/aromatic N) is 2. The van der Waals surface area contributed by atoms with Crippen molar-refractivity contribution in [3.8, 4) is 11.8 Å². The Morgan fingerprint density at radius 3 is 2.57 bits per heavy atom. The minimum Gasteiger partial charge on any atom is -0.481 e. The molecule has 2 aromatic rings. The van der Waals surface area contributed by atoms with Gasteiger partial charge in [-0.05, 0) is 45.0 Å². The smallest absolute Gasteiger partial charge is 0.266 e. The topological polar surface area (TPSA) is 90.8 Å². The molecule has 0 radical (unpaired) electrons. The molecule has 1 heterocycles. The Labute approximate surface area is 122 Å². The van der Waals surface area contributed by atoms with E-state index in [4.69, 9.17) is 10.00 Å². The summed E-state index contributed by atoms with van der Waals surface area (Å²) in [4.78, 5) is 12.1. The first-order chi connectivity index (χ1) is 10.0. The van der Waals surface area contributed by atoms with Gasteiger partial charge in [0.05, 0.1) is 11.6 Å². The summed E-state index contributed by atoms with van der Waals surface area (Å²) in [6, 6.07) is 8.62. The molecule has 0 saturated carbocycles. The third kappa shape index (κ3) is 3.39. The van der Waals surface area contributed by atoms with Crippen molar-refractivity contribution in [3.63, 3.8) is 0 Å². The number of nitrogens with one attached hydrogen (secondary N) is 2. The Morgan fingerprint density at radius 2 is 2.05 bits per heavy atom. The summed E-state index contributed by atoms with van der Waals surface area (Å²) in [6.07, 6.45) is -0.672. The van der Waals surface area contributed by atoms with Crippen molar-refractivity contribution < 1.29 is 9.53 Å². The van der Waals surface area contributed by atoms with Gasteiger partial charge in [0.1, 0.15) is 5.75 Å². The van der Waals surface area contributed by atoms with Gasteiger partial charge in [-0.2, -0.15) is 10.4 Å². The summed E-state index contributed by atoms with van der Waals surface area (Å²) >= 11 is 0. The van der Waals surface area contributed by atoms with Gasteiger partial charge in [0.2, 0.25) is 0 Å². The van der Waals surface area contributed by atoms with Crippen LogP contribution in [0, 0.1) is 25.2 Å². The first kappa shape index (κ1) is 14.6. The monoisotopic (exact) mass is 284 g/mol. The standard InChI is InChI=1S/C15H16N4O2/c1-9-10(2)18-19-14(9)17-15(20)11(3)21-13-6-4-12(8-16)5-7-13/h4-7,11H,1-3H3,(H2,17,18,19,20). The quantitative estimate of drug-likeness (QED) is 0.901. The maximum absolute atomic E-state index is 12.1. The Balaban J connectivity index is 1.99. The van der Waals surface area contributed by atoms with Crippen LogP contribution in [-0.2, 0) is 4.79 Å². The van der Waals surface area contributed by atoms with Crippen LogP contribution in [0.1, 0.15) is 23.7 Å². The van der Waals surface area contributed by atoms with E-state index in [0.29, 0.717) is 17.1 Å². The number of benzene rings is 1. The Morgan fingerprint density at radius 1 is 1.38 bits per heavy atom. The van der Waals surface area contributed by atoms with Crippen molar-refractivity contribution in [1.29, 1.82) is 5.26 Å². The fourth-order valence-corrected chi connectivity index (χ4v) is 1.69. The second kappa shape index (κ2) is 6.09. The summed E-state index contributed by atoms with van der Waals surface area (Å²) < 4.78 is 5.54. The zero-order valence-electron chi connectivity index (χ0n) is 12.1. The average molecular weight is 284 g/mol. The number of nitriles is 1. The summed E-state index contributed by atoms with van der Waals surface area (Å²) in [5.74, 6) is 0.758. The van der Waals surface area contributed by atoms with Crippen molar-refractivity contribution >= 4 is 11.7 Å².